The summed E-state index contributed by atoms with van der Waals surface area (Å²) in [5.74, 6) is -0.635. The van der Waals surface area contributed by atoms with Gasteiger partial charge in [-0.3, -0.25) is 9.59 Å². The third-order valence-corrected chi connectivity index (χ3v) is 4.76. The molecule has 0 aliphatic carbocycles. The molecular weight excluding hydrogens is 409 g/mol. The number of ketones is 1. The van der Waals surface area contributed by atoms with E-state index in [0.29, 0.717) is 16.9 Å². The van der Waals surface area contributed by atoms with Gasteiger partial charge in [-0.25, -0.2) is 9.07 Å². The van der Waals surface area contributed by atoms with Crippen LogP contribution in [0.5, 0.6) is 5.75 Å². The molecule has 160 valence electrons. The Labute approximate surface area is 184 Å². The van der Waals surface area contributed by atoms with Gasteiger partial charge in [-0.2, -0.15) is 5.10 Å². The third-order valence-electron chi connectivity index (χ3n) is 4.76. The first-order valence-corrected chi connectivity index (χ1v) is 9.98. The van der Waals surface area contributed by atoms with Crippen molar-refractivity contribution in [1.29, 1.82) is 0 Å². The summed E-state index contributed by atoms with van der Waals surface area (Å²) in [4.78, 5) is 25.2. The maximum absolute atomic E-state index is 13.0. The molecule has 0 fully saturated rings. The Kier molecular flexibility index (Phi) is 6.36. The molecule has 4 rings (SSSR count). The number of benzene rings is 3. The summed E-state index contributed by atoms with van der Waals surface area (Å²) in [7, 11) is 0. The van der Waals surface area contributed by atoms with Crippen molar-refractivity contribution in [3.05, 3.63) is 114 Å². The lowest BCUT2D eigenvalue weighted by atomic mass is 10.1. The second-order valence-corrected chi connectivity index (χ2v) is 7.03. The maximum Gasteiger partial charge on any atom is 0.258 e. The van der Waals surface area contributed by atoms with Gasteiger partial charge in [0, 0.05) is 12.7 Å². The third kappa shape index (κ3) is 5.07. The van der Waals surface area contributed by atoms with E-state index in [4.69, 9.17) is 4.74 Å². The summed E-state index contributed by atoms with van der Waals surface area (Å²) in [5, 5.41) is 6.97. The van der Waals surface area contributed by atoms with E-state index < -0.39 is 0 Å². The highest BCUT2D eigenvalue weighted by atomic mass is 19.1. The maximum atomic E-state index is 13.0. The minimum Gasteiger partial charge on any atom is -0.483 e. The van der Waals surface area contributed by atoms with Gasteiger partial charge in [0.1, 0.15) is 11.6 Å². The first kappa shape index (κ1) is 21.0. The number of carbonyl (C=O) groups is 2. The van der Waals surface area contributed by atoms with Crippen molar-refractivity contribution in [3.8, 4) is 11.4 Å². The second-order valence-electron chi connectivity index (χ2n) is 7.03. The number of nitrogens with zero attached hydrogens (tertiary/aromatic N) is 2. The van der Waals surface area contributed by atoms with E-state index in [0.717, 1.165) is 11.3 Å². The van der Waals surface area contributed by atoms with Crippen molar-refractivity contribution in [2.75, 3.05) is 6.61 Å². The smallest absolute Gasteiger partial charge is 0.258 e. The quantitative estimate of drug-likeness (QED) is 0.431. The van der Waals surface area contributed by atoms with Crippen LogP contribution in [0.3, 0.4) is 0 Å². The number of hydrogen-bond donors (Lipinski definition) is 1. The monoisotopic (exact) mass is 429 g/mol. The van der Waals surface area contributed by atoms with E-state index >= 15 is 0 Å². The van der Waals surface area contributed by atoms with Gasteiger partial charge in [0.15, 0.2) is 12.4 Å². The predicted octanol–water partition coefficient (Wildman–Crippen LogP) is 3.94. The SMILES string of the molecule is O=C(COc1ccccc1C(=O)c1cnn(-c2ccccc2)c1)NCc1ccc(F)cc1. The lowest BCUT2D eigenvalue weighted by molar-refractivity contribution is -0.123. The fraction of sp³-hybridized carbons (Fsp3) is 0.0800. The molecule has 0 aliphatic heterocycles. The molecule has 4 aromatic rings. The molecule has 0 radical (unpaired) electrons. The highest BCUT2D eigenvalue weighted by Crippen LogP contribution is 2.22. The summed E-state index contributed by atoms with van der Waals surface area (Å²) in [5.41, 5.74) is 2.36. The first-order valence-electron chi connectivity index (χ1n) is 9.98. The zero-order valence-corrected chi connectivity index (χ0v) is 17.1. The van der Waals surface area contributed by atoms with Crippen molar-refractivity contribution in [3.63, 3.8) is 0 Å². The Hall–Kier alpha value is -4.26. The fourth-order valence-electron chi connectivity index (χ4n) is 3.09. The van der Waals surface area contributed by atoms with Crippen LogP contribution in [0, 0.1) is 5.82 Å². The van der Waals surface area contributed by atoms with Gasteiger partial charge >= 0.3 is 0 Å². The normalized spacial score (nSPS) is 10.5. The van der Waals surface area contributed by atoms with Gasteiger partial charge in [-0.1, -0.05) is 42.5 Å². The van der Waals surface area contributed by atoms with Crippen LogP contribution in [0.4, 0.5) is 4.39 Å². The molecule has 1 N–H and O–H groups in total. The van der Waals surface area contributed by atoms with Crippen LogP contribution in [-0.2, 0) is 11.3 Å². The Morgan fingerprint density at radius 3 is 2.44 bits per heavy atom. The number of ether oxygens (including phenoxy) is 1. The zero-order chi connectivity index (χ0) is 22.3. The summed E-state index contributed by atoms with van der Waals surface area (Å²) in [6.07, 6.45) is 3.16. The van der Waals surface area contributed by atoms with Crippen molar-refractivity contribution in [1.82, 2.24) is 15.1 Å². The van der Waals surface area contributed by atoms with E-state index in [1.165, 1.54) is 18.3 Å². The number of rotatable bonds is 8. The summed E-state index contributed by atoms with van der Waals surface area (Å²) < 4.78 is 20.2. The average Bonchev–Trinajstić information content (AvgIpc) is 3.33. The van der Waals surface area contributed by atoms with E-state index in [1.807, 2.05) is 30.3 Å². The van der Waals surface area contributed by atoms with Crippen LogP contribution >= 0.6 is 0 Å². The van der Waals surface area contributed by atoms with Gasteiger partial charge in [0.05, 0.1) is 23.0 Å². The van der Waals surface area contributed by atoms with Crippen LogP contribution in [-0.4, -0.2) is 28.1 Å². The molecule has 0 unspecified atom stereocenters. The van der Waals surface area contributed by atoms with Gasteiger partial charge in [-0.05, 0) is 42.0 Å². The number of amides is 1. The van der Waals surface area contributed by atoms with E-state index in [2.05, 4.69) is 10.4 Å². The van der Waals surface area contributed by atoms with Gasteiger partial charge in [0.25, 0.3) is 5.91 Å². The molecule has 0 aliphatic rings. The van der Waals surface area contributed by atoms with Gasteiger partial charge < -0.3 is 10.1 Å². The lowest BCUT2D eigenvalue weighted by Crippen LogP contribution is -2.28. The predicted molar refractivity (Wildman–Crippen MR) is 117 cm³/mol. The molecule has 1 heterocycles. The van der Waals surface area contributed by atoms with Crippen molar-refractivity contribution >= 4 is 11.7 Å². The Bertz CT molecular complexity index is 1220. The minimum atomic E-state index is -0.353. The largest absolute Gasteiger partial charge is 0.483 e. The second kappa shape index (κ2) is 9.70. The molecule has 1 aromatic heterocycles. The van der Waals surface area contributed by atoms with E-state index in [1.54, 1.807) is 47.3 Å². The van der Waals surface area contributed by atoms with E-state index in [-0.39, 0.29) is 30.7 Å². The zero-order valence-electron chi connectivity index (χ0n) is 17.1. The summed E-state index contributed by atoms with van der Waals surface area (Å²) in [6.45, 7) is -0.00349. The average molecular weight is 429 g/mol. The molecule has 1 amide bonds. The van der Waals surface area contributed by atoms with Gasteiger partial charge in [-0.15, -0.1) is 0 Å². The standard InChI is InChI=1S/C25H20FN3O3/c26-20-12-10-18(11-13-20)14-27-24(30)17-32-23-9-5-4-8-22(23)25(31)19-15-28-29(16-19)21-6-2-1-3-7-21/h1-13,15-16H,14,17H2,(H,27,30). The van der Waals surface area contributed by atoms with Crippen LogP contribution in [0.2, 0.25) is 0 Å². The number of para-hydroxylation sites is 2. The highest BCUT2D eigenvalue weighted by molar-refractivity contribution is 6.10. The number of halogens is 1. The van der Waals surface area contributed by atoms with Gasteiger partial charge in [0.2, 0.25) is 0 Å². The Balaban J connectivity index is 1.40. The van der Waals surface area contributed by atoms with Crippen LogP contribution in [0.15, 0.2) is 91.3 Å². The van der Waals surface area contributed by atoms with Crippen LogP contribution in [0.25, 0.3) is 5.69 Å². The minimum absolute atomic E-state index is 0.252. The van der Waals surface area contributed by atoms with Crippen molar-refractivity contribution in [2.45, 2.75) is 6.54 Å². The van der Waals surface area contributed by atoms with Crippen LogP contribution < -0.4 is 10.1 Å². The molecule has 0 atom stereocenters. The summed E-state index contributed by atoms with van der Waals surface area (Å²) in [6, 6.07) is 22.1. The number of hydrogen-bond acceptors (Lipinski definition) is 4. The number of aromatic nitrogens is 2. The number of nitrogens with one attached hydrogen (secondary N) is 1. The highest BCUT2D eigenvalue weighted by Gasteiger charge is 2.17. The van der Waals surface area contributed by atoms with Crippen LogP contribution in [0.1, 0.15) is 21.5 Å². The molecule has 0 spiro atoms. The van der Waals surface area contributed by atoms with E-state index in [9.17, 15) is 14.0 Å². The molecule has 0 saturated carbocycles. The molecule has 3 aromatic carbocycles. The number of carbonyl (C=O) groups excluding carboxylic acids is 2. The lowest BCUT2D eigenvalue weighted by Gasteiger charge is -2.11. The summed E-state index contributed by atoms with van der Waals surface area (Å²) >= 11 is 0. The Morgan fingerprint density at radius 1 is 0.938 bits per heavy atom. The molecular formula is C25H20FN3O3. The molecule has 7 heteroatoms. The molecule has 0 bridgehead atoms. The molecule has 32 heavy (non-hydrogen) atoms. The first-order chi connectivity index (χ1) is 15.6. The topological polar surface area (TPSA) is 73.2 Å². The van der Waals surface area contributed by atoms with Crippen molar-refractivity contribution < 1.29 is 18.7 Å². The van der Waals surface area contributed by atoms with Crippen molar-refractivity contribution in [2.24, 2.45) is 0 Å². The molecule has 6 nitrogen and oxygen atoms in total. The Morgan fingerprint density at radius 2 is 1.66 bits per heavy atom. The fourth-order valence-corrected chi connectivity index (χ4v) is 3.09. The molecule has 0 saturated heterocycles.